The van der Waals surface area contributed by atoms with E-state index in [0.717, 1.165) is 0 Å². The highest BCUT2D eigenvalue weighted by Gasteiger charge is 2.17. The Labute approximate surface area is 170 Å². The Hall–Kier alpha value is -0.570. The van der Waals surface area contributed by atoms with Gasteiger partial charge in [-0.05, 0) is 33.6 Å². The minimum Gasteiger partial charge on any atom is -0.376 e. The molecule has 148 valence electrons. The van der Waals surface area contributed by atoms with Crippen LogP contribution in [0.3, 0.4) is 0 Å². The number of guanidine groups is 1. The van der Waals surface area contributed by atoms with Gasteiger partial charge in [0.2, 0.25) is 5.91 Å². The van der Waals surface area contributed by atoms with Gasteiger partial charge in [0.1, 0.15) is 0 Å². The van der Waals surface area contributed by atoms with E-state index in [-0.39, 0.29) is 42.0 Å². The van der Waals surface area contributed by atoms with Crippen LogP contribution < -0.4 is 10.6 Å². The zero-order valence-electron chi connectivity index (χ0n) is 16.6. The molecule has 0 aliphatic heterocycles. The van der Waals surface area contributed by atoms with E-state index in [1.165, 1.54) is 38.5 Å². The fourth-order valence-corrected chi connectivity index (χ4v) is 2.93. The number of hydrogen-bond donors (Lipinski definition) is 2. The van der Waals surface area contributed by atoms with E-state index in [1.54, 1.807) is 7.05 Å². The van der Waals surface area contributed by atoms with E-state index in [9.17, 15) is 4.79 Å². The third-order valence-electron chi connectivity index (χ3n) is 4.01. The fourth-order valence-electron chi connectivity index (χ4n) is 2.93. The summed E-state index contributed by atoms with van der Waals surface area (Å²) in [6.07, 6.45) is 8.02. The molecule has 0 atom stereocenters. The molecule has 1 rings (SSSR count). The molecular formula is C18H37IN4O2. The molecule has 1 aliphatic carbocycles. The van der Waals surface area contributed by atoms with Crippen LogP contribution in [0.4, 0.5) is 0 Å². The van der Waals surface area contributed by atoms with E-state index < -0.39 is 0 Å². The van der Waals surface area contributed by atoms with Crippen LogP contribution in [0.15, 0.2) is 4.99 Å². The van der Waals surface area contributed by atoms with E-state index in [2.05, 4.69) is 15.6 Å². The first-order valence-electron chi connectivity index (χ1n) is 9.16. The van der Waals surface area contributed by atoms with Crippen LogP contribution in [0.5, 0.6) is 0 Å². The van der Waals surface area contributed by atoms with Crippen molar-refractivity contribution in [1.29, 1.82) is 0 Å². The van der Waals surface area contributed by atoms with Crippen molar-refractivity contribution < 1.29 is 9.53 Å². The molecule has 0 aromatic heterocycles. The number of nitrogens with zero attached hydrogens (tertiary/aromatic N) is 2. The average molecular weight is 468 g/mol. The van der Waals surface area contributed by atoms with Gasteiger partial charge in [-0.25, -0.2) is 0 Å². The first-order chi connectivity index (χ1) is 11.3. The second-order valence-corrected chi connectivity index (χ2v) is 7.61. The van der Waals surface area contributed by atoms with E-state index in [4.69, 9.17) is 4.74 Å². The smallest absolute Gasteiger partial charge is 0.240 e. The van der Waals surface area contributed by atoms with Gasteiger partial charge < -0.3 is 20.3 Å². The SMILES string of the molecule is CN=C(NCCOC1CCCCCC1)N(C)CC(=O)NC(C)(C)C.I. The standard InChI is InChI=1S/C18H36N4O2.HI/c1-18(2,3)21-16(23)14-22(5)17(19-4)20-12-13-24-15-10-8-6-7-9-11-15;/h15H,6-14H2,1-5H3,(H,19,20)(H,21,23);1H. The normalized spacial score (nSPS) is 16.6. The Morgan fingerprint density at radius 2 is 1.80 bits per heavy atom. The molecule has 0 radical (unpaired) electrons. The van der Waals surface area contributed by atoms with Gasteiger partial charge in [-0.1, -0.05) is 25.7 Å². The third-order valence-corrected chi connectivity index (χ3v) is 4.01. The van der Waals surface area contributed by atoms with Crippen molar-refractivity contribution in [3.05, 3.63) is 0 Å². The highest BCUT2D eigenvalue weighted by Crippen LogP contribution is 2.19. The summed E-state index contributed by atoms with van der Waals surface area (Å²) in [7, 11) is 3.59. The number of nitrogens with one attached hydrogen (secondary N) is 2. The van der Waals surface area contributed by atoms with Crippen molar-refractivity contribution in [2.24, 2.45) is 4.99 Å². The molecule has 0 saturated heterocycles. The summed E-state index contributed by atoms with van der Waals surface area (Å²) in [5.41, 5.74) is -0.221. The lowest BCUT2D eigenvalue weighted by Crippen LogP contribution is -2.49. The second-order valence-electron chi connectivity index (χ2n) is 7.61. The molecule has 1 amide bonds. The topological polar surface area (TPSA) is 66.0 Å². The van der Waals surface area contributed by atoms with Gasteiger partial charge >= 0.3 is 0 Å². The summed E-state index contributed by atoms with van der Waals surface area (Å²) < 4.78 is 5.97. The van der Waals surface area contributed by atoms with Crippen molar-refractivity contribution in [3.63, 3.8) is 0 Å². The van der Waals surface area contributed by atoms with Crippen LogP contribution in [-0.4, -0.2) is 62.2 Å². The predicted octanol–water partition coefficient (Wildman–Crippen LogP) is 2.77. The molecule has 0 heterocycles. The maximum Gasteiger partial charge on any atom is 0.240 e. The quantitative estimate of drug-likeness (QED) is 0.207. The number of amides is 1. The second kappa shape index (κ2) is 12.7. The van der Waals surface area contributed by atoms with Crippen molar-refractivity contribution in [2.75, 3.05) is 33.8 Å². The number of rotatable bonds is 6. The number of aliphatic imine (C=N–C) groups is 1. The summed E-state index contributed by atoms with van der Waals surface area (Å²) in [6, 6.07) is 0. The minimum absolute atomic E-state index is 0. The largest absolute Gasteiger partial charge is 0.376 e. The Morgan fingerprint density at radius 1 is 1.20 bits per heavy atom. The molecule has 0 bridgehead atoms. The van der Waals surface area contributed by atoms with Gasteiger partial charge in [0.05, 0.1) is 19.3 Å². The number of likely N-dealkylation sites (N-methyl/N-ethyl adjacent to an activating group) is 1. The first-order valence-corrected chi connectivity index (χ1v) is 9.16. The number of ether oxygens (including phenoxy) is 1. The molecule has 7 heteroatoms. The van der Waals surface area contributed by atoms with Crippen LogP contribution >= 0.6 is 24.0 Å². The molecule has 1 saturated carbocycles. The molecule has 6 nitrogen and oxygen atoms in total. The van der Waals surface area contributed by atoms with Gasteiger partial charge in [-0.3, -0.25) is 9.79 Å². The zero-order valence-corrected chi connectivity index (χ0v) is 18.9. The number of hydrogen-bond acceptors (Lipinski definition) is 3. The van der Waals surface area contributed by atoms with Crippen LogP contribution in [0, 0.1) is 0 Å². The molecule has 25 heavy (non-hydrogen) atoms. The highest BCUT2D eigenvalue weighted by atomic mass is 127. The lowest BCUT2D eigenvalue weighted by Gasteiger charge is -2.25. The van der Waals surface area contributed by atoms with E-state index >= 15 is 0 Å². The monoisotopic (exact) mass is 468 g/mol. The maximum absolute atomic E-state index is 12.0. The molecule has 1 aliphatic rings. The third kappa shape index (κ3) is 11.6. The lowest BCUT2D eigenvalue weighted by atomic mass is 10.1. The Kier molecular flexibility index (Phi) is 12.4. The fraction of sp³-hybridized carbons (Fsp3) is 0.889. The van der Waals surface area contributed by atoms with Crippen molar-refractivity contribution >= 4 is 35.8 Å². The molecule has 0 spiro atoms. The lowest BCUT2D eigenvalue weighted by molar-refractivity contribution is -0.122. The van der Waals surface area contributed by atoms with E-state index in [0.29, 0.717) is 25.2 Å². The highest BCUT2D eigenvalue weighted by molar-refractivity contribution is 14.0. The summed E-state index contributed by atoms with van der Waals surface area (Å²) in [4.78, 5) is 18.1. The summed E-state index contributed by atoms with van der Waals surface area (Å²) >= 11 is 0. The average Bonchev–Trinajstić information content (AvgIpc) is 2.73. The summed E-state index contributed by atoms with van der Waals surface area (Å²) in [5.74, 6) is 0.700. The predicted molar refractivity (Wildman–Crippen MR) is 115 cm³/mol. The van der Waals surface area contributed by atoms with Crippen LogP contribution in [0.2, 0.25) is 0 Å². The maximum atomic E-state index is 12.0. The van der Waals surface area contributed by atoms with Gasteiger partial charge in [-0.15, -0.1) is 24.0 Å². The first kappa shape index (κ1) is 24.4. The van der Waals surface area contributed by atoms with Crippen LogP contribution in [-0.2, 0) is 9.53 Å². The van der Waals surface area contributed by atoms with Gasteiger partial charge in [0.25, 0.3) is 0 Å². The Morgan fingerprint density at radius 3 is 2.32 bits per heavy atom. The summed E-state index contributed by atoms with van der Waals surface area (Å²) in [5, 5.41) is 6.22. The minimum atomic E-state index is -0.221. The summed E-state index contributed by atoms with van der Waals surface area (Å²) in [6.45, 7) is 7.58. The van der Waals surface area contributed by atoms with Crippen molar-refractivity contribution in [3.8, 4) is 0 Å². The Balaban J connectivity index is 0.00000576. The number of carbonyl (C=O) groups is 1. The molecule has 2 N–H and O–H groups in total. The molecule has 1 fully saturated rings. The molecule has 0 unspecified atom stereocenters. The Bertz CT molecular complexity index is 402. The van der Waals surface area contributed by atoms with Gasteiger partial charge in [0.15, 0.2) is 5.96 Å². The van der Waals surface area contributed by atoms with Crippen LogP contribution in [0.1, 0.15) is 59.3 Å². The number of carbonyl (C=O) groups excluding carboxylic acids is 1. The van der Waals surface area contributed by atoms with Crippen molar-refractivity contribution in [1.82, 2.24) is 15.5 Å². The van der Waals surface area contributed by atoms with Gasteiger partial charge in [-0.2, -0.15) is 0 Å². The van der Waals surface area contributed by atoms with E-state index in [1.807, 2.05) is 32.7 Å². The van der Waals surface area contributed by atoms with Gasteiger partial charge in [0, 0.05) is 26.2 Å². The molecule has 0 aromatic carbocycles. The molecule has 0 aromatic rings. The molecular weight excluding hydrogens is 431 g/mol. The zero-order chi connectivity index (χ0) is 18.0. The number of halogens is 1. The van der Waals surface area contributed by atoms with Crippen LogP contribution in [0.25, 0.3) is 0 Å². The van der Waals surface area contributed by atoms with Crippen molar-refractivity contribution in [2.45, 2.75) is 70.9 Å².